The molecule has 2 N–H and O–H groups in total. The molecule has 0 unspecified atom stereocenters. The van der Waals surface area contributed by atoms with Gasteiger partial charge in [0.05, 0.1) is 12.2 Å². The molecule has 6 heteroatoms. The summed E-state index contributed by atoms with van der Waals surface area (Å²) in [6, 6.07) is 19.6. The van der Waals surface area contributed by atoms with Crippen LogP contribution in [0.3, 0.4) is 0 Å². The van der Waals surface area contributed by atoms with Gasteiger partial charge in [0.15, 0.2) is 0 Å². The SMILES string of the molecule is CCCCCCCCCCCCOc1ccc(C(=O)Oc2ccc(NC(=O)c3cccc(O)c3)cc2)cc1. The van der Waals surface area contributed by atoms with Crippen LogP contribution in [0.25, 0.3) is 0 Å². The van der Waals surface area contributed by atoms with E-state index in [9.17, 15) is 14.7 Å². The molecule has 0 aromatic heterocycles. The first kappa shape index (κ1) is 28.8. The number of phenolic OH excluding ortho intramolecular Hbond substituents is 1. The fourth-order valence-corrected chi connectivity index (χ4v) is 4.09. The van der Waals surface area contributed by atoms with Gasteiger partial charge in [-0.1, -0.05) is 70.8 Å². The van der Waals surface area contributed by atoms with E-state index < -0.39 is 5.97 Å². The first-order valence-electron chi connectivity index (χ1n) is 13.7. The molecule has 0 heterocycles. The number of hydrogen-bond acceptors (Lipinski definition) is 5. The second kappa shape index (κ2) is 16.1. The van der Waals surface area contributed by atoms with E-state index in [4.69, 9.17) is 9.47 Å². The lowest BCUT2D eigenvalue weighted by Crippen LogP contribution is -2.12. The lowest BCUT2D eigenvalue weighted by Gasteiger charge is -2.09. The topological polar surface area (TPSA) is 84.9 Å². The molecule has 202 valence electrons. The number of carbonyl (C=O) groups is 2. The number of unbranched alkanes of at least 4 members (excludes halogenated alkanes) is 9. The molecule has 3 rings (SSSR count). The largest absolute Gasteiger partial charge is 0.508 e. The van der Waals surface area contributed by atoms with E-state index >= 15 is 0 Å². The zero-order valence-electron chi connectivity index (χ0n) is 22.3. The fourth-order valence-electron chi connectivity index (χ4n) is 4.09. The zero-order chi connectivity index (χ0) is 27.0. The number of aromatic hydroxyl groups is 1. The van der Waals surface area contributed by atoms with Gasteiger partial charge in [-0.25, -0.2) is 4.79 Å². The maximum absolute atomic E-state index is 12.5. The standard InChI is InChI=1S/C32H39NO5/c1-2-3-4-5-6-7-8-9-10-11-23-37-29-19-15-25(16-20-29)32(36)38-30-21-17-27(18-22-30)33-31(35)26-13-12-14-28(34)24-26/h12-22,24,34H,2-11,23H2,1H3,(H,33,35). The number of nitrogens with one attached hydrogen (secondary N) is 1. The number of anilines is 1. The Balaban J connectivity index is 1.34. The van der Waals surface area contributed by atoms with Crippen molar-refractivity contribution in [2.75, 3.05) is 11.9 Å². The van der Waals surface area contributed by atoms with E-state index in [0.717, 1.165) is 12.2 Å². The molecular weight excluding hydrogens is 478 g/mol. The Morgan fingerprint density at radius 2 is 1.32 bits per heavy atom. The average molecular weight is 518 g/mol. The summed E-state index contributed by atoms with van der Waals surface area (Å²) >= 11 is 0. The number of hydrogen-bond donors (Lipinski definition) is 2. The van der Waals surface area contributed by atoms with Crippen molar-refractivity contribution in [2.24, 2.45) is 0 Å². The van der Waals surface area contributed by atoms with Crippen LogP contribution in [0.5, 0.6) is 17.2 Å². The van der Waals surface area contributed by atoms with Gasteiger partial charge in [-0.3, -0.25) is 4.79 Å². The summed E-state index contributed by atoms with van der Waals surface area (Å²) in [7, 11) is 0. The van der Waals surface area contributed by atoms with Crippen molar-refractivity contribution in [1.29, 1.82) is 0 Å². The lowest BCUT2D eigenvalue weighted by atomic mass is 10.1. The third-order valence-electron chi connectivity index (χ3n) is 6.29. The molecular formula is C32H39NO5. The second-order valence-electron chi connectivity index (χ2n) is 9.47. The Hall–Kier alpha value is -3.80. The van der Waals surface area contributed by atoms with Gasteiger partial charge in [0.1, 0.15) is 17.2 Å². The molecule has 6 nitrogen and oxygen atoms in total. The van der Waals surface area contributed by atoms with Gasteiger partial charge in [0.25, 0.3) is 5.91 Å². The van der Waals surface area contributed by atoms with E-state index in [1.807, 2.05) is 0 Å². The maximum atomic E-state index is 12.5. The molecule has 0 radical (unpaired) electrons. The molecule has 38 heavy (non-hydrogen) atoms. The van der Waals surface area contributed by atoms with Gasteiger partial charge < -0.3 is 19.9 Å². The van der Waals surface area contributed by atoms with Crippen molar-refractivity contribution in [3.8, 4) is 17.2 Å². The molecule has 0 saturated carbocycles. The number of rotatable bonds is 16. The molecule has 3 aromatic carbocycles. The van der Waals surface area contributed by atoms with Gasteiger partial charge in [-0.15, -0.1) is 0 Å². The number of esters is 1. The van der Waals surface area contributed by atoms with Crippen LogP contribution in [0.15, 0.2) is 72.8 Å². The van der Waals surface area contributed by atoms with Crippen molar-refractivity contribution in [3.63, 3.8) is 0 Å². The summed E-state index contributed by atoms with van der Waals surface area (Å²) in [6.45, 7) is 2.92. The highest BCUT2D eigenvalue weighted by atomic mass is 16.5. The third kappa shape index (κ3) is 10.3. The van der Waals surface area contributed by atoms with E-state index in [1.165, 1.54) is 69.9 Å². The highest BCUT2D eigenvalue weighted by Crippen LogP contribution is 2.20. The van der Waals surface area contributed by atoms with E-state index in [1.54, 1.807) is 60.7 Å². The Bertz CT molecular complexity index is 1130. The minimum absolute atomic E-state index is 0.0218. The first-order chi connectivity index (χ1) is 18.5. The number of carbonyl (C=O) groups excluding carboxylic acids is 2. The predicted molar refractivity (Wildman–Crippen MR) is 151 cm³/mol. The molecule has 1 amide bonds. The van der Waals surface area contributed by atoms with Crippen LogP contribution >= 0.6 is 0 Å². The summed E-state index contributed by atoms with van der Waals surface area (Å²) in [4.78, 5) is 24.8. The van der Waals surface area contributed by atoms with Gasteiger partial charge in [0, 0.05) is 11.3 Å². The Kier molecular flexibility index (Phi) is 12.2. The summed E-state index contributed by atoms with van der Waals surface area (Å²) in [5, 5.41) is 12.3. The maximum Gasteiger partial charge on any atom is 0.343 e. The zero-order valence-corrected chi connectivity index (χ0v) is 22.3. The average Bonchev–Trinajstić information content (AvgIpc) is 2.93. The highest BCUT2D eigenvalue weighted by molar-refractivity contribution is 6.04. The van der Waals surface area contributed by atoms with Crippen LogP contribution in [-0.2, 0) is 0 Å². The Morgan fingerprint density at radius 3 is 1.95 bits per heavy atom. The number of amides is 1. The fraction of sp³-hybridized carbons (Fsp3) is 0.375. The lowest BCUT2D eigenvalue weighted by molar-refractivity contribution is 0.0734. The van der Waals surface area contributed by atoms with Crippen LogP contribution in [0.1, 0.15) is 91.8 Å². The molecule has 0 aliphatic carbocycles. The van der Waals surface area contributed by atoms with Gasteiger partial charge in [-0.05, 0) is 73.2 Å². The molecule has 0 atom stereocenters. The van der Waals surface area contributed by atoms with E-state index in [0.29, 0.717) is 29.2 Å². The molecule has 0 spiro atoms. The minimum atomic E-state index is -0.470. The molecule has 3 aromatic rings. The number of benzene rings is 3. The summed E-state index contributed by atoms with van der Waals surface area (Å²) in [6.07, 6.45) is 12.9. The van der Waals surface area contributed by atoms with E-state index in [2.05, 4.69) is 12.2 Å². The van der Waals surface area contributed by atoms with Crippen molar-refractivity contribution < 1.29 is 24.2 Å². The minimum Gasteiger partial charge on any atom is -0.508 e. The van der Waals surface area contributed by atoms with Gasteiger partial charge in [0.2, 0.25) is 0 Å². The van der Waals surface area contributed by atoms with Gasteiger partial charge in [-0.2, -0.15) is 0 Å². The van der Waals surface area contributed by atoms with Gasteiger partial charge >= 0.3 is 5.97 Å². The monoisotopic (exact) mass is 517 g/mol. The third-order valence-corrected chi connectivity index (χ3v) is 6.29. The van der Waals surface area contributed by atoms with Crippen molar-refractivity contribution in [2.45, 2.75) is 71.1 Å². The van der Waals surface area contributed by atoms with Crippen molar-refractivity contribution in [1.82, 2.24) is 0 Å². The smallest absolute Gasteiger partial charge is 0.343 e. The highest BCUT2D eigenvalue weighted by Gasteiger charge is 2.10. The first-order valence-corrected chi connectivity index (χ1v) is 13.7. The normalized spacial score (nSPS) is 10.7. The number of phenols is 1. The summed E-state index contributed by atoms with van der Waals surface area (Å²) in [5.41, 5.74) is 1.32. The molecule has 0 bridgehead atoms. The number of ether oxygens (including phenoxy) is 2. The Morgan fingerprint density at radius 1 is 0.711 bits per heavy atom. The summed E-state index contributed by atoms with van der Waals surface area (Å²) in [5.74, 6) is 0.313. The molecule has 0 fully saturated rings. The molecule has 0 aliphatic heterocycles. The van der Waals surface area contributed by atoms with Crippen LogP contribution in [-0.4, -0.2) is 23.6 Å². The van der Waals surface area contributed by atoms with Crippen molar-refractivity contribution in [3.05, 3.63) is 83.9 Å². The Labute approximate surface area is 226 Å². The van der Waals surface area contributed by atoms with E-state index in [-0.39, 0.29) is 11.7 Å². The van der Waals surface area contributed by atoms with Crippen molar-refractivity contribution >= 4 is 17.6 Å². The molecule has 0 saturated heterocycles. The van der Waals surface area contributed by atoms with Crippen LogP contribution < -0.4 is 14.8 Å². The molecule has 0 aliphatic rings. The van der Waals surface area contributed by atoms with Crippen LogP contribution in [0.2, 0.25) is 0 Å². The van der Waals surface area contributed by atoms with Crippen LogP contribution in [0, 0.1) is 0 Å². The second-order valence-corrected chi connectivity index (χ2v) is 9.47. The predicted octanol–water partition coefficient (Wildman–Crippen LogP) is 8.16. The summed E-state index contributed by atoms with van der Waals surface area (Å²) < 4.78 is 11.3. The quantitative estimate of drug-likeness (QED) is 0.114. The van der Waals surface area contributed by atoms with Crippen LogP contribution in [0.4, 0.5) is 5.69 Å².